The number of hydrogen-bond donors (Lipinski definition) is 2. The summed E-state index contributed by atoms with van der Waals surface area (Å²) in [6.45, 7) is 5.42. The molecule has 108 valence electrons. The molecule has 3 nitrogen and oxygen atoms in total. The molecule has 0 bridgehead atoms. The zero-order chi connectivity index (χ0) is 14.2. The zero-order valence-electron chi connectivity index (χ0n) is 12.5. The molecule has 0 aliphatic carbocycles. The summed E-state index contributed by atoms with van der Waals surface area (Å²) in [5.41, 5.74) is 3.96. The quantitative estimate of drug-likeness (QED) is 0.724. The molecule has 0 saturated heterocycles. The maximum Gasteiger partial charge on any atom is 0.0522 e. The topological polar surface area (TPSA) is 40.7 Å². The Hall–Kier alpha value is -1.61. The van der Waals surface area contributed by atoms with Gasteiger partial charge in [-0.05, 0) is 57.2 Å². The molecule has 0 fully saturated rings. The van der Waals surface area contributed by atoms with E-state index < -0.39 is 0 Å². The van der Waals surface area contributed by atoms with Crippen LogP contribution in [0, 0.1) is 6.92 Å². The van der Waals surface area contributed by atoms with E-state index in [4.69, 9.17) is 0 Å². The van der Waals surface area contributed by atoms with Gasteiger partial charge in [0.15, 0.2) is 0 Å². The second kappa shape index (κ2) is 7.85. The molecule has 0 saturated carbocycles. The third-order valence-electron chi connectivity index (χ3n) is 3.76. The van der Waals surface area contributed by atoms with Crippen molar-refractivity contribution in [3.63, 3.8) is 0 Å². The Morgan fingerprint density at radius 2 is 2.00 bits per heavy atom. The maximum absolute atomic E-state index is 4.05. The summed E-state index contributed by atoms with van der Waals surface area (Å²) >= 11 is 0. The first-order chi connectivity index (χ1) is 9.75. The SMILES string of the molecule is Cc1[nH]ncc1CCCNC(C)CCc1ccccc1. The molecular formula is C17H25N3. The van der Waals surface area contributed by atoms with Crippen molar-refractivity contribution in [2.24, 2.45) is 0 Å². The smallest absolute Gasteiger partial charge is 0.0522 e. The molecule has 20 heavy (non-hydrogen) atoms. The van der Waals surface area contributed by atoms with Gasteiger partial charge < -0.3 is 5.32 Å². The summed E-state index contributed by atoms with van der Waals surface area (Å²) in [5, 5.41) is 10.6. The van der Waals surface area contributed by atoms with Gasteiger partial charge in [0.1, 0.15) is 0 Å². The monoisotopic (exact) mass is 271 g/mol. The molecular weight excluding hydrogens is 246 g/mol. The van der Waals surface area contributed by atoms with Crippen LogP contribution >= 0.6 is 0 Å². The second-order valence-electron chi connectivity index (χ2n) is 5.50. The van der Waals surface area contributed by atoms with Gasteiger partial charge in [0.25, 0.3) is 0 Å². The first-order valence-corrected chi connectivity index (χ1v) is 7.52. The zero-order valence-corrected chi connectivity index (χ0v) is 12.5. The van der Waals surface area contributed by atoms with Crippen molar-refractivity contribution < 1.29 is 0 Å². The minimum absolute atomic E-state index is 0.570. The molecule has 0 aliphatic rings. The van der Waals surface area contributed by atoms with Gasteiger partial charge in [-0.2, -0.15) is 5.10 Å². The van der Waals surface area contributed by atoms with Crippen LogP contribution in [0.3, 0.4) is 0 Å². The fourth-order valence-electron chi connectivity index (χ4n) is 2.38. The van der Waals surface area contributed by atoms with E-state index in [9.17, 15) is 0 Å². The lowest BCUT2D eigenvalue weighted by molar-refractivity contribution is 0.506. The van der Waals surface area contributed by atoms with Gasteiger partial charge in [0, 0.05) is 11.7 Å². The van der Waals surface area contributed by atoms with Crippen molar-refractivity contribution in [2.75, 3.05) is 6.54 Å². The molecule has 1 aromatic heterocycles. The summed E-state index contributed by atoms with van der Waals surface area (Å²) in [6.07, 6.45) is 6.54. The van der Waals surface area contributed by atoms with Crippen LogP contribution < -0.4 is 5.32 Å². The van der Waals surface area contributed by atoms with Crippen molar-refractivity contribution in [1.29, 1.82) is 0 Å². The van der Waals surface area contributed by atoms with Gasteiger partial charge in [0.2, 0.25) is 0 Å². The Bertz CT molecular complexity index is 490. The highest BCUT2D eigenvalue weighted by molar-refractivity contribution is 5.15. The van der Waals surface area contributed by atoms with Crippen molar-refractivity contribution in [1.82, 2.24) is 15.5 Å². The number of H-pyrrole nitrogens is 1. The van der Waals surface area contributed by atoms with Crippen LogP contribution in [0.15, 0.2) is 36.5 Å². The second-order valence-corrected chi connectivity index (χ2v) is 5.50. The Labute approximate surface area is 121 Å². The summed E-state index contributed by atoms with van der Waals surface area (Å²) in [6, 6.07) is 11.3. The molecule has 0 aliphatic heterocycles. The van der Waals surface area contributed by atoms with E-state index >= 15 is 0 Å². The average Bonchev–Trinajstić information content (AvgIpc) is 2.88. The van der Waals surface area contributed by atoms with E-state index in [1.54, 1.807) is 0 Å². The molecule has 1 aromatic carbocycles. The molecule has 2 aromatic rings. The van der Waals surface area contributed by atoms with Crippen LogP contribution in [-0.2, 0) is 12.8 Å². The van der Waals surface area contributed by atoms with Gasteiger partial charge in [-0.1, -0.05) is 30.3 Å². The molecule has 2 rings (SSSR count). The minimum Gasteiger partial charge on any atom is -0.314 e. The summed E-state index contributed by atoms with van der Waals surface area (Å²) in [4.78, 5) is 0. The van der Waals surface area contributed by atoms with Gasteiger partial charge in [-0.15, -0.1) is 0 Å². The fraction of sp³-hybridized carbons (Fsp3) is 0.471. The lowest BCUT2D eigenvalue weighted by Crippen LogP contribution is -2.27. The number of benzene rings is 1. The molecule has 0 spiro atoms. The first-order valence-electron chi connectivity index (χ1n) is 7.52. The molecule has 1 heterocycles. The third-order valence-corrected chi connectivity index (χ3v) is 3.76. The summed E-state index contributed by atoms with van der Waals surface area (Å²) in [5.74, 6) is 0. The normalized spacial score (nSPS) is 12.5. The molecule has 0 radical (unpaired) electrons. The van der Waals surface area contributed by atoms with Crippen molar-refractivity contribution in [3.05, 3.63) is 53.3 Å². The average molecular weight is 271 g/mol. The molecule has 1 atom stereocenters. The number of hydrogen-bond acceptors (Lipinski definition) is 2. The minimum atomic E-state index is 0.570. The van der Waals surface area contributed by atoms with E-state index in [0.717, 1.165) is 25.8 Å². The Morgan fingerprint density at radius 3 is 2.70 bits per heavy atom. The van der Waals surface area contributed by atoms with Crippen LogP contribution in [0.5, 0.6) is 0 Å². The maximum atomic E-state index is 4.05. The Morgan fingerprint density at radius 1 is 1.20 bits per heavy atom. The molecule has 2 N–H and O–H groups in total. The fourth-order valence-corrected chi connectivity index (χ4v) is 2.38. The molecule has 3 heteroatoms. The Kier molecular flexibility index (Phi) is 5.81. The predicted octanol–water partition coefficient (Wildman–Crippen LogP) is 3.26. The van der Waals surface area contributed by atoms with E-state index in [1.165, 1.54) is 23.2 Å². The van der Waals surface area contributed by atoms with Gasteiger partial charge in [0.05, 0.1) is 6.20 Å². The lowest BCUT2D eigenvalue weighted by atomic mass is 10.1. The number of aryl methyl sites for hydroxylation is 3. The predicted molar refractivity (Wildman–Crippen MR) is 83.9 cm³/mol. The van der Waals surface area contributed by atoms with E-state index in [-0.39, 0.29) is 0 Å². The van der Waals surface area contributed by atoms with Crippen LogP contribution in [0.1, 0.15) is 36.6 Å². The van der Waals surface area contributed by atoms with Crippen molar-refractivity contribution in [2.45, 2.75) is 45.6 Å². The summed E-state index contributed by atoms with van der Waals surface area (Å²) in [7, 11) is 0. The van der Waals surface area contributed by atoms with Gasteiger partial charge >= 0.3 is 0 Å². The van der Waals surface area contributed by atoms with Crippen LogP contribution in [-0.4, -0.2) is 22.8 Å². The lowest BCUT2D eigenvalue weighted by Gasteiger charge is -2.13. The van der Waals surface area contributed by atoms with E-state index in [2.05, 4.69) is 59.7 Å². The standard InChI is InChI=1S/C17H25N3/c1-14(10-11-16-7-4-3-5-8-16)18-12-6-9-17-13-19-20-15(17)2/h3-5,7-8,13-14,18H,6,9-12H2,1-2H3,(H,19,20). The number of rotatable bonds is 8. The van der Waals surface area contributed by atoms with Crippen LogP contribution in [0.25, 0.3) is 0 Å². The highest BCUT2D eigenvalue weighted by Crippen LogP contribution is 2.07. The van der Waals surface area contributed by atoms with Crippen LogP contribution in [0.4, 0.5) is 0 Å². The van der Waals surface area contributed by atoms with Crippen molar-refractivity contribution >= 4 is 0 Å². The van der Waals surface area contributed by atoms with Crippen molar-refractivity contribution in [3.8, 4) is 0 Å². The highest BCUT2D eigenvalue weighted by atomic mass is 15.1. The van der Waals surface area contributed by atoms with Crippen LogP contribution in [0.2, 0.25) is 0 Å². The largest absolute Gasteiger partial charge is 0.314 e. The molecule has 1 unspecified atom stereocenters. The Balaban J connectivity index is 1.58. The van der Waals surface area contributed by atoms with Gasteiger partial charge in [-0.25, -0.2) is 0 Å². The van der Waals surface area contributed by atoms with E-state index in [0.29, 0.717) is 6.04 Å². The highest BCUT2D eigenvalue weighted by Gasteiger charge is 2.03. The number of aromatic amines is 1. The number of nitrogens with one attached hydrogen (secondary N) is 2. The number of aromatic nitrogens is 2. The molecule has 0 amide bonds. The number of nitrogens with zero attached hydrogens (tertiary/aromatic N) is 1. The summed E-state index contributed by atoms with van der Waals surface area (Å²) < 4.78 is 0. The third kappa shape index (κ3) is 4.82. The first kappa shape index (κ1) is 14.8. The van der Waals surface area contributed by atoms with E-state index in [1.807, 2.05) is 6.20 Å². The van der Waals surface area contributed by atoms with Gasteiger partial charge in [-0.3, -0.25) is 5.10 Å².